The van der Waals surface area contributed by atoms with Crippen LogP contribution in [0.3, 0.4) is 0 Å². The van der Waals surface area contributed by atoms with Gasteiger partial charge in [-0.25, -0.2) is 0 Å². The number of aliphatic hydroxyl groups excluding tert-OH is 1. The molecule has 2 aromatic carbocycles. The van der Waals surface area contributed by atoms with E-state index in [4.69, 9.17) is 16.0 Å². The molecule has 1 N–H and O–H groups in total. The first kappa shape index (κ1) is 21.5. The number of likely N-dealkylation sites (tertiary alicyclic amines) is 1. The molecule has 0 spiro atoms. The van der Waals surface area contributed by atoms with Crippen LogP contribution in [0.1, 0.15) is 11.1 Å². The third-order valence-electron chi connectivity index (χ3n) is 6.73. The van der Waals surface area contributed by atoms with E-state index in [2.05, 4.69) is 21.9 Å². The Balaban J connectivity index is 1.15. The van der Waals surface area contributed by atoms with Crippen LogP contribution < -0.4 is 0 Å². The van der Waals surface area contributed by atoms with Gasteiger partial charge < -0.3 is 14.4 Å². The normalized spacial score (nSPS) is 22.6. The van der Waals surface area contributed by atoms with E-state index < -0.39 is 6.10 Å². The van der Waals surface area contributed by atoms with Crippen LogP contribution in [-0.2, 0) is 17.8 Å². The molecule has 2 atom stereocenters. The molecule has 168 valence electrons. The van der Waals surface area contributed by atoms with Crippen molar-refractivity contribution in [1.29, 1.82) is 0 Å². The maximum atomic E-state index is 13.0. The summed E-state index contributed by atoms with van der Waals surface area (Å²) >= 11 is 5.98. The van der Waals surface area contributed by atoms with E-state index in [1.807, 2.05) is 41.3 Å². The Hall–Kier alpha value is -2.38. The van der Waals surface area contributed by atoms with Gasteiger partial charge in [0.1, 0.15) is 5.58 Å². The summed E-state index contributed by atoms with van der Waals surface area (Å²) in [5, 5.41) is 12.5. The number of furan rings is 1. The van der Waals surface area contributed by atoms with E-state index >= 15 is 0 Å². The Morgan fingerprint density at radius 2 is 1.81 bits per heavy atom. The average Bonchev–Trinajstić information content (AvgIpc) is 3.43. The summed E-state index contributed by atoms with van der Waals surface area (Å²) in [6.07, 6.45) is 1.47. The van der Waals surface area contributed by atoms with Gasteiger partial charge in [0.2, 0.25) is 5.91 Å². The number of piperazine rings is 1. The fourth-order valence-electron chi connectivity index (χ4n) is 4.92. The van der Waals surface area contributed by atoms with Crippen molar-refractivity contribution in [2.45, 2.75) is 25.1 Å². The maximum Gasteiger partial charge on any atom is 0.227 e. The maximum absolute atomic E-state index is 13.0. The Kier molecular flexibility index (Phi) is 6.20. The Morgan fingerprint density at radius 3 is 2.59 bits per heavy atom. The molecule has 0 radical (unpaired) electrons. The summed E-state index contributed by atoms with van der Waals surface area (Å²) in [4.78, 5) is 19.6. The molecule has 0 saturated carbocycles. The Labute approximate surface area is 193 Å². The van der Waals surface area contributed by atoms with E-state index in [0.717, 1.165) is 54.3 Å². The largest absolute Gasteiger partial charge is 0.464 e. The standard InChI is InChI=1S/C25H28ClN3O3/c26-20-6-4-18(5-7-20)15-27-9-11-28(12-10-27)22-16-29(17-23(22)30)25(31)14-19-2-1-3-24-21(19)8-13-32-24/h1-8,13,22-23,30H,9-12,14-17H2/t22-,23-/m0/s1. The van der Waals surface area contributed by atoms with Crippen molar-refractivity contribution in [3.63, 3.8) is 0 Å². The molecule has 3 aromatic rings. The van der Waals surface area contributed by atoms with Crippen molar-refractivity contribution >= 4 is 28.5 Å². The van der Waals surface area contributed by atoms with Crippen LogP contribution in [0, 0.1) is 0 Å². The molecule has 2 fully saturated rings. The van der Waals surface area contributed by atoms with Gasteiger partial charge in [0.25, 0.3) is 0 Å². The zero-order valence-electron chi connectivity index (χ0n) is 18.0. The number of nitrogens with zero attached hydrogens (tertiary/aromatic N) is 3. The molecule has 1 aromatic heterocycles. The molecule has 3 heterocycles. The lowest BCUT2D eigenvalue weighted by atomic mass is 10.1. The van der Waals surface area contributed by atoms with Gasteiger partial charge in [-0.15, -0.1) is 0 Å². The van der Waals surface area contributed by atoms with E-state index in [1.54, 1.807) is 6.26 Å². The van der Waals surface area contributed by atoms with Crippen molar-refractivity contribution in [2.75, 3.05) is 39.3 Å². The predicted octanol–water partition coefficient (Wildman–Crippen LogP) is 3.02. The molecule has 0 aliphatic carbocycles. The first-order chi connectivity index (χ1) is 15.6. The number of halogens is 1. The van der Waals surface area contributed by atoms with E-state index in [9.17, 15) is 9.90 Å². The van der Waals surface area contributed by atoms with Crippen LogP contribution in [0.15, 0.2) is 59.2 Å². The van der Waals surface area contributed by atoms with Crippen LogP contribution in [-0.4, -0.2) is 77.1 Å². The minimum Gasteiger partial charge on any atom is -0.464 e. The highest BCUT2D eigenvalue weighted by Crippen LogP contribution is 2.23. The van der Waals surface area contributed by atoms with Gasteiger partial charge in [-0.05, 0) is 35.4 Å². The second-order valence-electron chi connectivity index (χ2n) is 8.80. The summed E-state index contributed by atoms with van der Waals surface area (Å²) in [6, 6.07) is 15.7. The van der Waals surface area contributed by atoms with Crippen LogP contribution in [0.4, 0.5) is 0 Å². The minimum absolute atomic E-state index is 0.00125. The summed E-state index contributed by atoms with van der Waals surface area (Å²) in [5.74, 6) is 0.0571. The molecule has 2 aliphatic heterocycles. The highest BCUT2D eigenvalue weighted by molar-refractivity contribution is 6.30. The van der Waals surface area contributed by atoms with Gasteiger partial charge in [-0.2, -0.15) is 0 Å². The van der Waals surface area contributed by atoms with Crippen LogP contribution in [0.2, 0.25) is 5.02 Å². The topological polar surface area (TPSA) is 60.2 Å². The summed E-state index contributed by atoms with van der Waals surface area (Å²) < 4.78 is 5.45. The monoisotopic (exact) mass is 453 g/mol. The van der Waals surface area contributed by atoms with Gasteiger partial charge in [-0.3, -0.25) is 14.6 Å². The van der Waals surface area contributed by atoms with Crippen molar-refractivity contribution in [3.05, 3.63) is 70.9 Å². The van der Waals surface area contributed by atoms with E-state index in [1.165, 1.54) is 5.56 Å². The third-order valence-corrected chi connectivity index (χ3v) is 6.99. The number of hydrogen-bond acceptors (Lipinski definition) is 5. The lowest BCUT2D eigenvalue weighted by molar-refractivity contribution is -0.129. The number of β-amino-alcohol motifs (C(OH)–C–C–N with tert-alkyl or cyclic N) is 1. The van der Waals surface area contributed by atoms with Gasteiger partial charge in [0.15, 0.2) is 0 Å². The summed E-state index contributed by atoms with van der Waals surface area (Å²) in [6.45, 7) is 5.57. The predicted molar refractivity (Wildman–Crippen MR) is 125 cm³/mol. The Bertz CT molecular complexity index is 1080. The smallest absolute Gasteiger partial charge is 0.227 e. The molecule has 2 aliphatic rings. The number of benzene rings is 2. The third kappa shape index (κ3) is 4.55. The molecule has 2 saturated heterocycles. The van der Waals surface area contributed by atoms with Gasteiger partial charge in [0.05, 0.1) is 24.8 Å². The minimum atomic E-state index is -0.508. The van der Waals surface area contributed by atoms with Crippen molar-refractivity contribution in [3.8, 4) is 0 Å². The first-order valence-corrected chi connectivity index (χ1v) is 11.6. The fraction of sp³-hybridized carbons (Fsp3) is 0.400. The van der Waals surface area contributed by atoms with Crippen LogP contribution in [0.25, 0.3) is 11.0 Å². The van der Waals surface area contributed by atoms with Crippen LogP contribution in [0.5, 0.6) is 0 Å². The van der Waals surface area contributed by atoms with Gasteiger partial charge in [-0.1, -0.05) is 35.9 Å². The molecule has 0 unspecified atom stereocenters. The van der Waals surface area contributed by atoms with E-state index in [0.29, 0.717) is 19.5 Å². The lowest BCUT2D eigenvalue weighted by Crippen LogP contribution is -2.53. The number of carbonyl (C=O) groups excluding carboxylic acids is 1. The molecular formula is C25H28ClN3O3. The molecular weight excluding hydrogens is 426 g/mol. The van der Waals surface area contributed by atoms with Crippen molar-refractivity contribution in [1.82, 2.24) is 14.7 Å². The van der Waals surface area contributed by atoms with E-state index in [-0.39, 0.29) is 11.9 Å². The number of amides is 1. The first-order valence-electron chi connectivity index (χ1n) is 11.2. The number of fused-ring (bicyclic) bond motifs is 1. The second-order valence-corrected chi connectivity index (χ2v) is 9.23. The molecule has 5 rings (SSSR count). The van der Waals surface area contributed by atoms with Gasteiger partial charge >= 0.3 is 0 Å². The Morgan fingerprint density at radius 1 is 1.03 bits per heavy atom. The van der Waals surface area contributed by atoms with Crippen molar-refractivity contribution < 1.29 is 14.3 Å². The summed E-state index contributed by atoms with van der Waals surface area (Å²) in [5.41, 5.74) is 3.02. The lowest BCUT2D eigenvalue weighted by Gasteiger charge is -2.38. The van der Waals surface area contributed by atoms with Crippen LogP contribution >= 0.6 is 11.6 Å². The highest BCUT2D eigenvalue weighted by atomic mass is 35.5. The number of hydrogen-bond donors (Lipinski definition) is 1. The zero-order chi connectivity index (χ0) is 22.1. The molecule has 7 heteroatoms. The number of carbonyl (C=O) groups is 1. The SMILES string of the molecule is O=C(Cc1cccc2occc12)N1C[C@H](O)[C@@H](N2CCN(Cc3ccc(Cl)cc3)CC2)C1. The van der Waals surface area contributed by atoms with Crippen molar-refractivity contribution in [2.24, 2.45) is 0 Å². The molecule has 0 bridgehead atoms. The number of rotatable bonds is 5. The average molecular weight is 454 g/mol. The molecule has 1 amide bonds. The molecule has 6 nitrogen and oxygen atoms in total. The fourth-order valence-corrected chi connectivity index (χ4v) is 5.04. The second kappa shape index (κ2) is 9.24. The zero-order valence-corrected chi connectivity index (χ0v) is 18.7. The summed E-state index contributed by atoms with van der Waals surface area (Å²) in [7, 11) is 0. The quantitative estimate of drug-likeness (QED) is 0.643. The molecule has 32 heavy (non-hydrogen) atoms. The highest BCUT2D eigenvalue weighted by Gasteiger charge is 2.38. The van der Waals surface area contributed by atoms with Gasteiger partial charge in [0, 0.05) is 56.2 Å². The number of aliphatic hydroxyl groups is 1.